The third kappa shape index (κ3) is 7.73. The summed E-state index contributed by atoms with van der Waals surface area (Å²) in [4.78, 5) is 62.2. The summed E-state index contributed by atoms with van der Waals surface area (Å²) in [5.74, 6) is -0.0337. The van der Waals surface area contributed by atoms with Gasteiger partial charge < -0.3 is 9.47 Å². The average molecular weight is 815 g/mol. The molecule has 0 unspecified atom stereocenters. The van der Waals surface area contributed by atoms with Crippen LogP contribution >= 0.6 is 0 Å². The molecule has 8 nitrogen and oxygen atoms in total. The van der Waals surface area contributed by atoms with E-state index >= 15 is 0 Å². The first-order chi connectivity index (χ1) is 29.3. The Morgan fingerprint density at radius 3 is 1.07 bits per heavy atom. The Balaban J connectivity index is 1.39. The average Bonchev–Trinajstić information content (AvgIpc) is 3.26. The predicted octanol–water partition coefficient (Wildman–Crippen LogP) is 13.6. The van der Waals surface area contributed by atoms with E-state index in [0.717, 1.165) is 161 Å². The molecule has 5 aromatic rings. The van der Waals surface area contributed by atoms with Gasteiger partial charge in [0.05, 0.1) is 25.3 Å². The minimum atomic E-state index is -0.282. The summed E-state index contributed by atoms with van der Waals surface area (Å²) in [6.07, 6.45) is 20.4. The Hall–Kier alpha value is -4.72. The van der Waals surface area contributed by atoms with Gasteiger partial charge in [0.1, 0.15) is 11.5 Å². The second-order valence-corrected chi connectivity index (χ2v) is 17.5. The standard InChI is InChI=1S/C52H66N2O6/c1-7-11-15-19-23-33(24-20-16-12-8-2)53-49(55)37-29-27-35-43-36(28-30-38(44(37)43)50(53)56)47-42(60-6)32-40-45-39(31-41(59-5)46(35)48(45)47)51(57)54(52(40)58)34(25-21-17-13-9-3)26-22-18-14-10-4/h27-34H,7-26H2,1-6H3. The molecule has 0 radical (unpaired) electrons. The highest BCUT2D eigenvalue weighted by molar-refractivity contribution is 6.43. The van der Waals surface area contributed by atoms with Gasteiger partial charge >= 0.3 is 0 Å². The van der Waals surface area contributed by atoms with Crippen molar-refractivity contribution >= 4 is 66.7 Å². The van der Waals surface area contributed by atoms with E-state index in [1.165, 1.54) is 0 Å². The summed E-state index contributed by atoms with van der Waals surface area (Å²) >= 11 is 0. The number of unbranched alkanes of at least 4 members (excludes halogenated alkanes) is 12. The Labute approximate surface area is 356 Å². The van der Waals surface area contributed by atoms with Crippen LogP contribution in [0.15, 0.2) is 36.4 Å². The van der Waals surface area contributed by atoms with Crippen LogP contribution in [-0.4, -0.2) is 59.7 Å². The minimum absolute atomic E-state index is 0.159. The quantitative estimate of drug-likeness (QED) is 0.0266. The first-order valence-electron chi connectivity index (χ1n) is 23.4. The van der Waals surface area contributed by atoms with E-state index in [1.807, 2.05) is 36.4 Å². The van der Waals surface area contributed by atoms with E-state index in [-0.39, 0.29) is 35.7 Å². The SMILES string of the molecule is CCCCCCC(CCCCCC)N1C(=O)c2ccc3c4c(OC)cc5c6c(cc(OC)c(c7ccc(c2c37)C1=O)c64)C(=O)N(C(CCCCCC)CCCCCC)C5=O. The van der Waals surface area contributed by atoms with Crippen LogP contribution in [-0.2, 0) is 0 Å². The van der Waals surface area contributed by atoms with Crippen molar-refractivity contribution in [2.24, 2.45) is 0 Å². The molecule has 0 atom stereocenters. The summed E-state index contributed by atoms with van der Waals surface area (Å²) < 4.78 is 12.4. The molecule has 60 heavy (non-hydrogen) atoms. The Morgan fingerprint density at radius 2 is 0.733 bits per heavy atom. The molecule has 0 saturated carbocycles. The molecule has 0 N–H and O–H groups in total. The lowest BCUT2D eigenvalue weighted by Crippen LogP contribution is -2.47. The van der Waals surface area contributed by atoms with Crippen molar-refractivity contribution in [2.45, 2.75) is 168 Å². The molecule has 320 valence electrons. The van der Waals surface area contributed by atoms with Gasteiger partial charge in [0.15, 0.2) is 0 Å². The van der Waals surface area contributed by atoms with Gasteiger partial charge in [-0.15, -0.1) is 0 Å². The molecule has 0 saturated heterocycles. The van der Waals surface area contributed by atoms with Crippen LogP contribution in [0.1, 0.15) is 198 Å². The van der Waals surface area contributed by atoms with Crippen LogP contribution in [0.25, 0.3) is 43.1 Å². The van der Waals surface area contributed by atoms with Gasteiger partial charge in [-0.2, -0.15) is 0 Å². The van der Waals surface area contributed by atoms with Gasteiger partial charge in [-0.25, -0.2) is 0 Å². The summed E-state index contributed by atoms with van der Waals surface area (Å²) in [7, 11) is 3.22. The molecular formula is C52H66N2O6. The number of benzene rings is 5. The number of carbonyl (C=O) groups is 4. The van der Waals surface area contributed by atoms with Crippen LogP contribution in [0, 0.1) is 0 Å². The van der Waals surface area contributed by atoms with E-state index < -0.39 is 0 Å². The molecule has 7 rings (SSSR count). The highest BCUT2D eigenvalue weighted by atomic mass is 16.5. The summed E-state index contributed by atoms with van der Waals surface area (Å²) in [5.41, 5.74) is 1.95. The number of rotatable bonds is 24. The number of imide groups is 2. The van der Waals surface area contributed by atoms with E-state index in [9.17, 15) is 19.2 Å². The maximum absolute atomic E-state index is 14.8. The Kier molecular flexibility index (Phi) is 14.0. The molecule has 0 spiro atoms. The van der Waals surface area contributed by atoms with Gasteiger partial charge in [0.2, 0.25) is 0 Å². The van der Waals surface area contributed by atoms with Gasteiger partial charge in [0, 0.05) is 50.1 Å². The molecule has 2 heterocycles. The number of amides is 4. The van der Waals surface area contributed by atoms with Crippen molar-refractivity contribution in [3.8, 4) is 11.5 Å². The lowest BCUT2D eigenvalue weighted by Gasteiger charge is -2.36. The molecule has 2 aliphatic heterocycles. The lowest BCUT2D eigenvalue weighted by molar-refractivity contribution is 0.0501. The third-order valence-corrected chi connectivity index (χ3v) is 13.6. The molecule has 0 fully saturated rings. The second-order valence-electron chi connectivity index (χ2n) is 17.5. The largest absolute Gasteiger partial charge is 0.496 e. The molecule has 5 aromatic carbocycles. The zero-order chi connectivity index (χ0) is 42.5. The minimum Gasteiger partial charge on any atom is -0.496 e. The highest BCUT2D eigenvalue weighted by Crippen LogP contribution is 2.52. The highest BCUT2D eigenvalue weighted by Gasteiger charge is 2.42. The fourth-order valence-corrected chi connectivity index (χ4v) is 10.4. The maximum Gasteiger partial charge on any atom is 0.261 e. The summed E-state index contributed by atoms with van der Waals surface area (Å²) in [6.45, 7) is 8.77. The smallest absolute Gasteiger partial charge is 0.261 e. The van der Waals surface area contributed by atoms with Crippen molar-refractivity contribution in [3.05, 3.63) is 58.7 Å². The third-order valence-electron chi connectivity index (χ3n) is 13.6. The van der Waals surface area contributed by atoms with E-state index in [0.29, 0.717) is 44.5 Å². The van der Waals surface area contributed by atoms with Crippen LogP contribution in [0.5, 0.6) is 11.5 Å². The van der Waals surface area contributed by atoms with Crippen molar-refractivity contribution in [1.29, 1.82) is 0 Å². The number of hydrogen-bond acceptors (Lipinski definition) is 6. The molecule has 0 aromatic heterocycles. The first-order valence-corrected chi connectivity index (χ1v) is 23.4. The first kappa shape index (κ1) is 43.4. The number of carbonyl (C=O) groups excluding carboxylic acids is 4. The van der Waals surface area contributed by atoms with Crippen LogP contribution in [0.3, 0.4) is 0 Å². The molecule has 0 aliphatic carbocycles. The molecule has 2 aliphatic rings. The van der Waals surface area contributed by atoms with Gasteiger partial charge in [0.25, 0.3) is 23.6 Å². The van der Waals surface area contributed by atoms with E-state index in [1.54, 1.807) is 24.0 Å². The number of nitrogens with zero attached hydrogens (tertiary/aromatic N) is 2. The maximum atomic E-state index is 14.8. The summed E-state index contributed by atoms with van der Waals surface area (Å²) in [5, 5.41) is 5.84. The normalized spacial score (nSPS) is 14.2. The second kappa shape index (κ2) is 19.3. The zero-order valence-corrected chi connectivity index (χ0v) is 37.1. The topological polar surface area (TPSA) is 93.2 Å². The lowest BCUT2D eigenvalue weighted by atomic mass is 9.81. The number of ether oxygens (including phenoxy) is 2. The number of methoxy groups -OCH3 is 2. The monoisotopic (exact) mass is 814 g/mol. The van der Waals surface area contributed by atoms with Gasteiger partial charge in [-0.1, -0.05) is 143 Å². The Morgan fingerprint density at radius 1 is 0.400 bits per heavy atom. The van der Waals surface area contributed by atoms with Crippen LogP contribution in [0.2, 0.25) is 0 Å². The van der Waals surface area contributed by atoms with Crippen molar-refractivity contribution < 1.29 is 28.7 Å². The number of hydrogen-bond donors (Lipinski definition) is 0. The van der Waals surface area contributed by atoms with Gasteiger partial charge in [-0.05, 0) is 66.1 Å². The van der Waals surface area contributed by atoms with E-state index in [2.05, 4.69) is 27.7 Å². The van der Waals surface area contributed by atoms with Crippen LogP contribution in [0.4, 0.5) is 0 Å². The van der Waals surface area contributed by atoms with E-state index in [4.69, 9.17) is 9.47 Å². The van der Waals surface area contributed by atoms with Crippen molar-refractivity contribution in [2.75, 3.05) is 14.2 Å². The molecule has 8 heteroatoms. The van der Waals surface area contributed by atoms with Crippen molar-refractivity contribution in [1.82, 2.24) is 9.80 Å². The number of fused-ring (bicyclic) bond motifs is 2. The van der Waals surface area contributed by atoms with Crippen molar-refractivity contribution in [3.63, 3.8) is 0 Å². The molecule has 0 bridgehead atoms. The van der Waals surface area contributed by atoms with Crippen LogP contribution < -0.4 is 9.47 Å². The summed E-state index contributed by atoms with van der Waals surface area (Å²) in [6, 6.07) is 10.9. The predicted molar refractivity (Wildman–Crippen MR) is 244 cm³/mol. The molecule has 4 amide bonds. The zero-order valence-electron chi connectivity index (χ0n) is 37.1. The Bertz CT molecular complexity index is 2230. The molecular weight excluding hydrogens is 749 g/mol. The fraction of sp³-hybridized carbons (Fsp3) is 0.538. The fourth-order valence-electron chi connectivity index (χ4n) is 10.4. The van der Waals surface area contributed by atoms with Gasteiger partial charge in [-0.3, -0.25) is 29.0 Å².